The number of carboxylic acids is 1. The normalized spacial score (nSPS) is 12.2. The van der Waals surface area contributed by atoms with E-state index in [0.29, 0.717) is 5.75 Å². The number of hydrogen-bond donors (Lipinski definition) is 1. The highest BCUT2D eigenvalue weighted by atomic mass is 16.5. The summed E-state index contributed by atoms with van der Waals surface area (Å²) in [5, 5.41) is 11.3. The molecule has 0 amide bonds. The van der Waals surface area contributed by atoms with Crippen molar-refractivity contribution in [2.24, 2.45) is 0 Å². The van der Waals surface area contributed by atoms with E-state index in [0.717, 1.165) is 23.6 Å². The van der Waals surface area contributed by atoms with Crippen molar-refractivity contribution in [3.8, 4) is 5.75 Å². The molecule has 0 saturated heterocycles. The molecule has 27 heavy (non-hydrogen) atoms. The summed E-state index contributed by atoms with van der Waals surface area (Å²) in [4.78, 5) is 11.8. The summed E-state index contributed by atoms with van der Waals surface area (Å²) in [5.41, 5.74) is 0.270. The molecule has 2 aromatic rings. The predicted octanol–water partition coefficient (Wildman–Crippen LogP) is 7.23. The number of ether oxygens (including phenoxy) is 1. The zero-order valence-electron chi connectivity index (χ0n) is 16.9. The van der Waals surface area contributed by atoms with E-state index in [-0.39, 0.29) is 11.7 Å². The summed E-state index contributed by atoms with van der Waals surface area (Å²) >= 11 is 0. The molecule has 0 aliphatic rings. The smallest absolute Gasteiger partial charge is 0.340 e. The molecule has 0 aliphatic carbocycles. The molecule has 2 rings (SSSR count). The van der Waals surface area contributed by atoms with Gasteiger partial charge >= 0.3 is 5.97 Å². The van der Waals surface area contributed by atoms with Gasteiger partial charge in [-0.3, -0.25) is 0 Å². The lowest BCUT2D eigenvalue weighted by atomic mass is 10.0. The van der Waals surface area contributed by atoms with E-state index in [1.54, 1.807) is 6.07 Å². The minimum Gasteiger partial charge on any atom is -0.490 e. The van der Waals surface area contributed by atoms with E-state index in [4.69, 9.17) is 4.74 Å². The molecule has 148 valence electrons. The fraction of sp³-hybridized carbons (Fsp3) is 0.542. The van der Waals surface area contributed by atoms with Gasteiger partial charge in [-0.15, -0.1) is 0 Å². The molecule has 0 spiro atoms. The van der Waals surface area contributed by atoms with Crippen LogP contribution in [0.25, 0.3) is 10.8 Å². The Bertz CT molecular complexity index is 708. The van der Waals surface area contributed by atoms with Crippen molar-refractivity contribution in [1.29, 1.82) is 0 Å². The van der Waals surface area contributed by atoms with Crippen molar-refractivity contribution in [2.45, 2.75) is 84.2 Å². The van der Waals surface area contributed by atoms with Gasteiger partial charge in [-0.05, 0) is 36.6 Å². The summed E-state index contributed by atoms with van der Waals surface area (Å²) in [6, 6.07) is 11.3. The topological polar surface area (TPSA) is 46.5 Å². The monoisotopic (exact) mass is 370 g/mol. The Kier molecular flexibility index (Phi) is 9.17. The van der Waals surface area contributed by atoms with Crippen LogP contribution in [0.15, 0.2) is 36.4 Å². The molecule has 0 aliphatic heterocycles. The van der Waals surface area contributed by atoms with Gasteiger partial charge in [0.25, 0.3) is 0 Å². The molecule has 1 unspecified atom stereocenters. The Labute approximate surface area is 163 Å². The maximum absolute atomic E-state index is 11.8. The van der Waals surface area contributed by atoms with Gasteiger partial charge in [0.15, 0.2) is 0 Å². The van der Waals surface area contributed by atoms with Gasteiger partial charge < -0.3 is 9.84 Å². The SMILES string of the molecule is CCCCCCCCCCCC(C)Oc1ccc2ccccc2c1C(=O)O. The van der Waals surface area contributed by atoms with Crippen LogP contribution in [-0.4, -0.2) is 17.2 Å². The number of benzene rings is 2. The molecule has 1 atom stereocenters. The highest BCUT2D eigenvalue weighted by Crippen LogP contribution is 2.29. The molecular weight excluding hydrogens is 336 g/mol. The number of unbranched alkanes of at least 4 members (excludes halogenated alkanes) is 8. The number of carbonyl (C=O) groups is 1. The van der Waals surface area contributed by atoms with E-state index in [1.807, 2.05) is 37.3 Å². The third-order valence-electron chi connectivity index (χ3n) is 5.15. The quantitative estimate of drug-likeness (QED) is 0.378. The second kappa shape index (κ2) is 11.6. The first-order valence-corrected chi connectivity index (χ1v) is 10.5. The Hall–Kier alpha value is -2.03. The molecule has 0 heterocycles. The van der Waals surface area contributed by atoms with E-state index in [1.165, 1.54) is 51.4 Å². The molecular formula is C24H34O3. The second-order valence-corrected chi connectivity index (χ2v) is 7.51. The van der Waals surface area contributed by atoms with Crippen molar-refractivity contribution in [3.63, 3.8) is 0 Å². The van der Waals surface area contributed by atoms with Crippen LogP contribution >= 0.6 is 0 Å². The first-order chi connectivity index (χ1) is 13.1. The Morgan fingerprint density at radius 3 is 2.22 bits per heavy atom. The molecule has 3 heteroatoms. The van der Waals surface area contributed by atoms with Gasteiger partial charge in [-0.1, -0.05) is 88.6 Å². The molecule has 0 aromatic heterocycles. The molecule has 2 aromatic carbocycles. The maximum Gasteiger partial charge on any atom is 0.340 e. The number of aromatic carboxylic acids is 1. The van der Waals surface area contributed by atoms with Crippen LogP contribution in [0.1, 0.15) is 88.4 Å². The lowest BCUT2D eigenvalue weighted by Crippen LogP contribution is -2.14. The molecule has 0 saturated carbocycles. The summed E-state index contributed by atoms with van der Waals surface area (Å²) in [6.07, 6.45) is 12.7. The minimum absolute atomic E-state index is 0.0221. The van der Waals surface area contributed by atoms with Gasteiger partial charge in [0.05, 0.1) is 6.10 Å². The van der Waals surface area contributed by atoms with Gasteiger partial charge in [0.1, 0.15) is 11.3 Å². The highest BCUT2D eigenvalue weighted by molar-refractivity contribution is 6.06. The van der Waals surface area contributed by atoms with Crippen molar-refractivity contribution >= 4 is 16.7 Å². The van der Waals surface area contributed by atoms with Crippen LogP contribution in [0.5, 0.6) is 5.75 Å². The zero-order chi connectivity index (χ0) is 19.5. The van der Waals surface area contributed by atoms with E-state index in [9.17, 15) is 9.90 Å². The first kappa shape index (κ1) is 21.3. The molecule has 1 N–H and O–H groups in total. The summed E-state index contributed by atoms with van der Waals surface area (Å²) in [6.45, 7) is 4.28. The average molecular weight is 371 g/mol. The van der Waals surface area contributed by atoms with Gasteiger partial charge in [0.2, 0.25) is 0 Å². The van der Waals surface area contributed by atoms with Crippen LogP contribution < -0.4 is 4.74 Å². The highest BCUT2D eigenvalue weighted by Gasteiger charge is 2.17. The van der Waals surface area contributed by atoms with Crippen molar-refractivity contribution in [3.05, 3.63) is 42.0 Å². The maximum atomic E-state index is 11.8. The van der Waals surface area contributed by atoms with Crippen LogP contribution in [-0.2, 0) is 0 Å². The van der Waals surface area contributed by atoms with E-state index >= 15 is 0 Å². The van der Waals surface area contributed by atoms with Crippen molar-refractivity contribution in [1.82, 2.24) is 0 Å². The largest absolute Gasteiger partial charge is 0.490 e. The van der Waals surface area contributed by atoms with Crippen molar-refractivity contribution in [2.75, 3.05) is 0 Å². The number of rotatable bonds is 13. The minimum atomic E-state index is -0.933. The molecule has 0 bridgehead atoms. The lowest BCUT2D eigenvalue weighted by molar-refractivity contribution is 0.0692. The van der Waals surface area contributed by atoms with Crippen LogP contribution in [0.4, 0.5) is 0 Å². The Morgan fingerprint density at radius 2 is 1.56 bits per heavy atom. The first-order valence-electron chi connectivity index (χ1n) is 10.5. The van der Waals surface area contributed by atoms with Gasteiger partial charge in [-0.25, -0.2) is 4.79 Å². The third kappa shape index (κ3) is 6.89. The zero-order valence-corrected chi connectivity index (χ0v) is 16.9. The second-order valence-electron chi connectivity index (χ2n) is 7.51. The van der Waals surface area contributed by atoms with Crippen LogP contribution in [0.3, 0.4) is 0 Å². The van der Waals surface area contributed by atoms with Crippen LogP contribution in [0, 0.1) is 0 Å². The average Bonchev–Trinajstić information content (AvgIpc) is 2.66. The number of carboxylic acid groups (broad SMARTS) is 1. The fourth-order valence-corrected chi connectivity index (χ4v) is 3.59. The Morgan fingerprint density at radius 1 is 0.926 bits per heavy atom. The number of fused-ring (bicyclic) bond motifs is 1. The third-order valence-corrected chi connectivity index (χ3v) is 5.15. The summed E-state index contributed by atoms with van der Waals surface area (Å²) in [5.74, 6) is -0.457. The fourth-order valence-electron chi connectivity index (χ4n) is 3.59. The van der Waals surface area contributed by atoms with Crippen molar-refractivity contribution < 1.29 is 14.6 Å². The standard InChI is InChI=1S/C24H34O3/c1-3-4-5-6-7-8-9-10-11-14-19(2)27-22-18-17-20-15-12-13-16-21(20)23(22)24(25)26/h12-13,15-19H,3-11,14H2,1-2H3,(H,25,26). The predicted molar refractivity (Wildman–Crippen MR) is 113 cm³/mol. The lowest BCUT2D eigenvalue weighted by Gasteiger charge is -2.17. The van der Waals surface area contributed by atoms with Gasteiger partial charge in [0, 0.05) is 0 Å². The molecule has 3 nitrogen and oxygen atoms in total. The summed E-state index contributed by atoms with van der Waals surface area (Å²) < 4.78 is 6.01. The summed E-state index contributed by atoms with van der Waals surface area (Å²) in [7, 11) is 0. The molecule has 0 radical (unpaired) electrons. The van der Waals surface area contributed by atoms with Crippen LogP contribution in [0.2, 0.25) is 0 Å². The van der Waals surface area contributed by atoms with E-state index in [2.05, 4.69) is 6.92 Å². The van der Waals surface area contributed by atoms with Gasteiger partial charge in [-0.2, -0.15) is 0 Å². The Balaban J connectivity index is 1.78. The van der Waals surface area contributed by atoms with E-state index < -0.39 is 5.97 Å². The number of hydrogen-bond acceptors (Lipinski definition) is 2. The molecule has 0 fully saturated rings.